The zero-order valence-electron chi connectivity index (χ0n) is 16.0. The summed E-state index contributed by atoms with van der Waals surface area (Å²) >= 11 is 0. The minimum Gasteiger partial charge on any atom is -0.497 e. The molecule has 142 valence electrons. The number of amides is 1. The number of ether oxygens (including phenoxy) is 2. The van der Waals surface area contributed by atoms with Crippen LogP contribution in [0.1, 0.15) is 45.1 Å². The van der Waals surface area contributed by atoms with Crippen LogP contribution >= 0.6 is 0 Å². The first-order chi connectivity index (χ1) is 12.5. The lowest BCUT2D eigenvalue weighted by Gasteiger charge is -2.30. The van der Waals surface area contributed by atoms with Crippen LogP contribution in [0.4, 0.5) is 0 Å². The third-order valence-electron chi connectivity index (χ3n) is 4.63. The van der Waals surface area contributed by atoms with E-state index in [1.54, 1.807) is 13.2 Å². The van der Waals surface area contributed by atoms with Crippen molar-refractivity contribution in [1.82, 2.24) is 4.90 Å². The van der Waals surface area contributed by atoms with Crippen LogP contribution in [0.3, 0.4) is 0 Å². The Morgan fingerprint density at radius 2 is 1.85 bits per heavy atom. The molecule has 0 aliphatic carbocycles. The van der Waals surface area contributed by atoms with E-state index in [9.17, 15) is 9.59 Å². The molecule has 0 aromatic heterocycles. The lowest BCUT2D eigenvalue weighted by molar-refractivity contribution is -0.141. The summed E-state index contributed by atoms with van der Waals surface area (Å²) in [4.78, 5) is 26.9. The van der Waals surface area contributed by atoms with E-state index in [1.807, 2.05) is 36.1 Å². The highest BCUT2D eigenvalue weighted by molar-refractivity contribution is 5.99. The molecule has 0 radical (unpaired) electrons. The summed E-state index contributed by atoms with van der Waals surface area (Å²) in [5.74, 6) is 0.977. The van der Waals surface area contributed by atoms with Crippen molar-refractivity contribution in [3.8, 4) is 5.75 Å². The minimum atomic E-state index is -0.415. The summed E-state index contributed by atoms with van der Waals surface area (Å²) < 4.78 is 10.4. The van der Waals surface area contributed by atoms with Crippen LogP contribution in [0.2, 0.25) is 0 Å². The first-order valence-corrected chi connectivity index (χ1v) is 9.33. The molecule has 0 saturated carbocycles. The summed E-state index contributed by atoms with van der Waals surface area (Å²) in [5, 5.41) is 0. The summed E-state index contributed by atoms with van der Waals surface area (Å²) in [6.07, 6.45) is 4.59. The van der Waals surface area contributed by atoms with Crippen molar-refractivity contribution in [2.24, 2.45) is 5.92 Å². The van der Waals surface area contributed by atoms with Gasteiger partial charge in [-0.3, -0.25) is 4.79 Å². The fourth-order valence-electron chi connectivity index (χ4n) is 2.90. The topological polar surface area (TPSA) is 55.8 Å². The molecule has 5 nitrogen and oxygen atoms in total. The monoisotopic (exact) mass is 359 g/mol. The van der Waals surface area contributed by atoms with Gasteiger partial charge in [0.2, 0.25) is 5.91 Å². The van der Waals surface area contributed by atoms with Crippen molar-refractivity contribution >= 4 is 18.0 Å². The number of methoxy groups -OCH3 is 1. The molecule has 1 amide bonds. The average Bonchev–Trinajstić information content (AvgIpc) is 2.66. The Balaban J connectivity index is 2.13. The lowest BCUT2D eigenvalue weighted by atomic mass is 9.98. The second-order valence-corrected chi connectivity index (χ2v) is 6.82. The number of esters is 1. The van der Waals surface area contributed by atoms with Gasteiger partial charge in [0.15, 0.2) is 0 Å². The average molecular weight is 359 g/mol. The number of hydrogen-bond acceptors (Lipinski definition) is 4. The molecule has 26 heavy (non-hydrogen) atoms. The molecular formula is C21H29NO4. The van der Waals surface area contributed by atoms with Gasteiger partial charge in [0.1, 0.15) is 5.75 Å². The van der Waals surface area contributed by atoms with Gasteiger partial charge in [-0.05, 0) is 49.0 Å². The van der Waals surface area contributed by atoms with Crippen molar-refractivity contribution < 1.29 is 19.1 Å². The van der Waals surface area contributed by atoms with Crippen LogP contribution in [-0.2, 0) is 14.3 Å². The predicted octanol–water partition coefficient (Wildman–Crippen LogP) is 3.68. The number of piperidine rings is 1. The van der Waals surface area contributed by atoms with E-state index in [0.29, 0.717) is 18.1 Å². The van der Waals surface area contributed by atoms with Gasteiger partial charge in [-0.2, -0.15) is 0 Å². The van der Waals surface area contributed by atoms with Gasteiger partial charge in [0.25, 0.3) is 0 Å². The van der Waals surface area contributed by atoms with Crippen LogP contribution in [0.15, 0.2) is 29.8 Å². The molecule has 0 unspecified atom stereocenters. The van der Waals surface area contributed by atoms with Crippen molar-refractivity contribution in [2.45, 2.75) is 39.5 Å². The van der Waals surface area contributed by atoms with Crippen molar-refractivity contribution in [1.29, 1.82) is 0 Å². The molecule has 1 aromatic rings. The van der Waals surface area contributed by atoms with E-state index < -0.39 is 5.97 Å². The van der Waals surface area contributed by atoms with Crippen LogP contribution in [0.25, 0.3) is 6.08 Å². The zero-order chi connectivity index (χ0) is 18.9. The number of carbonyl (C=O) groups is 2. The molecule has 2 rings (SSSR count). The normalized spacial score (nSPS) is 15.7. The fraction of sp³-hybridized carbons (Fsp3) is 0.524. The third-order valence-corrected chi connectivity index (χ3v) is 4.63. The van der Waals surface area contributed by atoms with Gasteiger partial charge in [0, 0.05) is 18.7 Å². The van der Waals surface area contributed by atoms with E-state index in [2.05, 4.69) is 6.92 Å². The van der Waals surface area contributed by atoms with E-state index in [1.165, 1.54) is 0 Å². The number of hydrogen-bond donors (Lipinski definition) is 0. The number of nitrogens with zero attached hydrogens (tertiary/aromatic N) is 1. The molecule has 0 atom stereocenters. The summed E-state index contributed by atoms with van der Waals surface area (Å²) in [7, 11) is 1.61. The number of likely N-dealkylation sites (tertiary alicyclic amines) is 1. The largest absolute Gasteiger partial charge is 0.497 e. The van der Waals surface area contributed by atoms with E-state index >= 15 is 0 Å². The molecule has 1 aliphatic rings. The van der Waals surface area contributed by atoms with E-state index in [0.717, 1.165) is 43.7 Å². The zero-order valence-corrected chi connectivity index (χ0v) is 16.0. The number of benzene rings is 1. The smallest absolute Gasteiger partial charge is 0.334 e. The SMILES string of the molecule is CCCOC(=O)/C(=C/c1ccc(OC)cc1)CC(=O)N1CCC(C)CC1. The summed E-state index contributed by atoms with van der Waals surface area (Å²) in [6, 6.07) is 7.38. The molecular weight excluding hydrogens is 330 g/mol. The van der Waals surface area contributed by atoms with Crippen molar-refractivity contribution in [3.63, 3.8) is 0 Å². The van der Waals surface area contributed by atoms with Crippen molar-refractivity contribution in [3.05, 3.63) is 35.4 Å². The van der Waals surface area contributed by atoms with E-state index in [4.69, 9.17) is 9.47 Å². The van der Waals surface area contributed by atoms with Gasteiger partial charge >= 0.3 is 5.97 Å². The van der Waals surface area contributed by atoms with Gasteiger partial charge in [-0.15, -0.1) is 0 Å². The number of rotatable bonds is 7. The third kappa shape index (κ3) is 5.90. The Morgan fingerprint density at radius 1 is 1.19 bits per heavy atom. The highest BCUT2D eigenvalue weighted by atomic mass is 16.5. The molecule has 1 fully saturated rings. The minimum absolute atomic E-state index is 0.00916. The molecule has 0 N–H and O–H groups in total. The Bertz CT molecular complexity index is 628. The molecule has 1 aromatic carbocycles. The standard InChI is InChI=1S/C21H29NO4/c1-4-13-26-21(24)18(14-17-5-7-19(25-3)8-6-17)15-20(23)22-11-9-16(2)10-12-22/h5-8,14,16H,4,9-13,15H2,1-3H3/b18-14+. The second-order valence-electron chi connectivity index (χ2n) is 6.82. The van der Waals surface area contributed by atoms with Crippen molar-refractivity contribution in [2.75, 3.05) is 26.8 Å². The van der Waals surface area contributed by atoms with Crippen LogP contribution in [-0.4, -0.2) is 43.6 Å². The highest BCUT2D eigenvalue weighted by Crippen LogP contribution is 2.20. The fourth-order valence-corrected chi connectivity index (χ4v) is 2.90. The molecule has 0 bridgehead atoms. The number of carbonyl (C=O) groups excluding carboxylic acids is 2. The Kier molecular flexibility index (Phi) is 7.70. The first kappa shape index (κ1) is 20.0. The maximum absolute atomic E-state index is 12.6. The first-order valence-electron chi connectivity index (χ1n) is 9.33. The highest BCUT2D eigenvalue weighted by Gasteiger charge is 2.23. The summed E-state index contributed by atoms with van der Waals surface area (Å²) in [6.45, 7) is 6.03. The molecule has 1 heterocycles. The molecule has 1 aliphatic heterocycles. The maximum atomic E-state index is 12.6. The van der Waals surface area contributed by atoms with Gasteiger partial charge in [-0.1, -0.05) is 26.0 Å². The Labute approximate surface area is 156 Å². The lowest BCUT2D eigenvalue weighted by Crippen LogP contribution is -2.38. The quantitative estimate of drug-likeness (QED) is 0.550. The molecule has 1 saturated heterocycles. The van der Waals surface area contributed by atoms with Gasteiger partial charge in [-0.25, -0.2) is 4.79 Å². The Morgan fingerprint density at radius 3 is 2.42 bits per heavy atom. The molecule has 0 spiro atoms. The van der Waals surface area contributed by atoms with Crippen LogP contribution in [0, 0.1) is 5.92 Å². The van der Waals surface area contributed by atoms with E-state index in [-0.39, 0.29) is 12.3 Å². The van der Waals surface area contributed by atoms with Crippen LogP contribution in [0.5, 0.6) is 5.75 Å². The van der Waals surface area contributed by atoms with Gasteiger partial charge in [0.05, 0.1) is 20.1 Å². The second kappa shape index (κ2) is 10.00. The molecule has 5 heteroatoms. The predicted molar refractivity (Wildman–Crippen MR) is 102 cm³/mol. The van der Waals surface area contributed by atoms with Crippen LogP contribution < -0.4 is 4.74 Å². The summed E-state index contributed by atoms with van der Waals surface area (Å²) in [5.41, 5.74) is 1.24. The van der Waals surface area contributed by atoms with Gasteiger partial charge < -0.3 is 14.4 Å². The Hall–Kier alpha value is -2.30. The maximum Gasteiger partial charge on any atom is 0.334 e.